The lowest BCUT2D eigenvalue weighted by Gasteiger charge is -2.19. The smallest absolute Gasteiger partial charge is 0.418 e. The van der Waals surface area contributed by atoms with Crippen molar-refractivity contribution in [1.29, 1.82) is 0 Å². The SMILES string of the molecule is Cc1ccc(OC(=O)CN2C(=O)CC(SCCCCCCOP(=O)(O)OCCC(C)(C)C)C2=O)c([N+](=O)[O-])c1. The summed E-state index contributed by atoms with van der Waals surface area (Å²) < 4.78 is 26.9. The second kappa shape index (κ2) is 14.9. The number of ether oxygens (including phenoxy) is 1. The van der Waals surface area contributed by atoms with Crippen molar-refractivity contribution in [3.63, 3.8) is 0 Å². The van der Waals surface area contributed by atoms with Crippen LogP contribution in [0, 0.1) is 22.5 Å². The molecule has 1 fully saturated rings. The van der Waals surface area contributed by atoms with E-state index in [0.29, 0.717) is 24.2 Å². The summed E-state index contributed by atoms with van der Waals surface area (Å²) in [5, 5.41) is 10.6. The maximum absolute atomic E-state index is 12.6. The number of amides is 2. The Hall–Kier alpha value is -2.31. The molecule has 2 amide bonds. The maximum Gasteiger partial charge on any atom is 0.472 e. The monoisotopic (exact) mass is 588 g/mol. The van der Waals surface area contributed by atoms with Gasteiger partial charge in [-0.15, -0.1) is 11.8 Å². The fourth-order valence-corrected chi connectivity index (χ4v) is 5.50. The van der Waals surface area contributed by atoms with Crippen LogP contribution in [0.15, 0.2) is 18.2 Å². The Labute approximate surface area is 232 Å². The van der Waals surface area contributed by atoms with Crippen LogP contribution in [0.5, 0.6) is 5.75 Å². The number of nitro benzene ring substituents is 1. The average Bonchev–Trinajstić information content (AvgIpc) is 3.08. The van der Waals surface area contributed by atoms with Crippen LogP contribution < -0.4 is 4.74 Å². The summed E-state index contributed by atoms with van der Waals surface area (Å²) in [5.74, 6) is -1.56. The predicted octanol–water partition coefficient (Wildman–Crippen LogP) is 4.80. The first-order valence-corrected chi connectivity index (χ1v) is 15.3. The van der Waals surface area contributed by atoms with E-state index in [0.717, 1.165) is 24.2 Å². The Bertz CT molecular complexity index is 1090. The minimum Gasteiger partial charge on any atom is -0.418 e. The number of carbonyl (C=O) groups excluding carboxylic acids is 3. The number of aryl methyl sites for hydroxylation is 1. The van der Waals surface area contributed by atoms with Crippen molar-refractivity contribution in [3.8, 4) is 5.75 Å². The van der Waals surface area contributed by atoms with Crippen molar-refractivity contribution in [2.45, 2.75) is 71.5 Å². The highest BCUT2D eigenvalue weighted by molar-refractivity contribution is 8.00. The zero-order chi connectivity index (χ0) is 29.2. The van der Waals surface area contributed by atoms with Gasteiger partial charge in [-0.25, -0.2) is 9.36 Å². The molecule has 1 aliphatic rings. The van der Waals surface area contributed by atoms with Crippen LogP contribution in [0.3, 0.4) is 0 Å². The number of nitrogens with zero attached hydrogens (tertiary/aromatic N) is 2. The Morgan fingerprint density at radius 3 is 2.51 bits per heavy atom. The molecule has 1 N–H and O–H groups in total. The van der Waals surface area contributed by atoms with E-state index in [9.17, 15) is 34.0 Å². The molecule has 1 saturated heterocycles. The number of nitro groups is 1. The van der Waals surface area contributed by atoms with Crippen molar-refractivity contribution < 1.29 is 42.5 Å². The quantitative estimate of drug-likeness (QED) is 0.0537. The van der Waals surface area contributed by atoms with Gasteiger partial charge in [0.2, 0.25) is 17.6 Å². The highest BCUT2D eigenvalue weighted by Gasteiger charge is 2.40. The Kier molecular flexibility index (Phi) is 12.6. The fourth-order valence-electron chi connectivity index (χ4n) is 3.56. The lowest BCUT2D eigenvalue weighted by atomic mass is 9.93. The summed E-state index contributed by atoms with van der Waals surface area (Å²) >= 11 is 1.33. The van der Waals surface area contributed by atoms with Gasteiger partial charge >= 0.3 is 19.5 Å². The van der Waals surface area contributed by atoms with E-state index in [-0.39, 0.29) is 36.5 Å². The number of unbranched alkanes of at least 4 members (excludes halogenated alkanes) is 3. The number of rotatable bonds is 16. The van der Waals surface area contributed by atoms with Gasteiger partial charge in [0.25, 0.3) is 0 Å². The first-order valence-electron chi connectivity index (χ1n) is 12.7. The van der Waals surface area contributed by atoms with E-state index in [1.807, 2.05) is 20.8 Å². The Morgan fingerprint density at radius 2 is 1.85 bits per heavy atom. The fraction of sp³-hybridized carbons (Fsp3) is 0.640. The number of phosphoric ester groups is 1. The predicted molar refractivity (Wildman–Crippen MR) is 145 cm³/mol. The van der Waals surface area contributed by atoms with Crippen LogP contribution in [-0.2, 0) is 28.0 Å². The minimum atomic E-state index is -4.05. The van der Waals surface area contributed by atoms with Gasteiger partial charge < -0.3 is 9.63 Å². The standard InChI is InChI=1S/C25H37N2O10PS/c1-18-9-10-20(19(15-18)27(31)32)37-23(29)17-26-22(28)16-21(24(26)30)39-14-8-6-5-7-12-35-38(33,34)36-13-11-25(2,3)4/h9-10,15,21H,5-8,11-14,16-17H2,1-4H3,(H,33,34). The topological polar surface area (TPSA) is 163 Å². The van der Waals surface area contributed by atoms with Gasteiger partial charge in [0.05, 0.1) is 23.4 Å². The average molecular weight is 589 g/mol. The van der Waals surface area contributed by atoms with E-state index in [1.165, 1.54) is 23.9 Å². The molecule has 2 atom stereocenters. The molecule has 1 aromatic carbocycles. The number of hydrogen-bond donors (Lipinski definition) is 1. The molecule has 0 aromatic heterocycles. The van der Waals surface area contributed by atoms with Gasteiger partial charge in [0, 0.05) is 12.5 Å². The molecular formula is C25H37N2O10PS. The summed E-state index contributed by atoms with van der Waals surface area (Å²) in [6, 6.07) is 4.12. The molecular weight excluding hydrogens is 551 g/mol. The van der Waals surface area contributed by atoms with E-state index < -0.39 is 42.3 Å². The molecule has 218 valence electrons. The minimum absolute atomic E-state index is 0.00842. The van der Waals surface area contributed by atoms with Crippen molar-refractivity contribution in [2.24, 2.45) is 5.41 Å². The molecule has 1 aromatic rings. The zero-order valence-corrected chi connectivity index (χ0v) is 24.5. The van der Waals surface area contributed by atoms with Gasteiger partial charge in [-0.1, -0.05) is 39.7 Å². The largest absolute Gasteiger partial charge is 0.472 e. The van der Waals surface area contributed by atoms with Crippen molar-refractivity contribution in [3.05, 3.63) is 33.9 Å². The Balaban J connectivity index is 1.65. The van der Waals surface area contributed by atoms with Gasteiger partial charge in [0.15, 0.2) is 0 Å². The van der Waals surface area contributed by atoms with Gasteiger partial charge in [-0.3, -0.25) is 33.7 Å². The second-order valence-corrected chi connectivity index (χ2v) is 13.2. The van der Waals surface area contributed by atoms with Crippen molar-refractivity contribution in [2.75, 3.05) is 25.5 Å². The van der Waals surface area contributed by atoms with E-state index in [2.05, 4.69) is 0 Å². The van der Waals surface area contributed by atoms with Crippen LogP contribution in [-0.4, -0.2) is 63.3 Å². The highest BCUT2D eigenvalue weighted by Crippen LogP contribution is 2.44. The molecule has 0 aliphatic carbocycles. The van der Waals surface area contributed by atoms with E-state index in [4.69, 9.17) is 13.8 Å². The molecule has 0 bridgehead atoms. The van der Waals surface area contributed by atoms with Crippen LogP contribution in [0.4, 0.5) is 5.69 Å². The summed E-state index contributed by atoms with van der Waals surface area (Å²) in [4.78, 5) is 58.3. The third-order valence-corrected chi connectivity index (χ3v) is 8.06. The number of esters is 1. The lowest BCUT2D eigenvalue weighted by molar-refractivity contribution is -0.385. The number of benzene rings is 1. The van der Waals surface area contributed by atoms with Crippen LogP contribution >= 0.6 is 19.6 Å². The van der Waals surface area contributed by atoms with Crippen molar-refractivity contribution >= 4 is 43.1 Å². The van der Waals surface area contributed by atoms with Crippen LogP contribution in [0.2, 0.25) is 0 Å². The molecule has 2 unspecified atom stereocenters. The van der Waals surface area contributed by atoms with Gasteiger partial charge in [0.1, 0.15) is 6.54 Å². The third kappa shape index (κ3) is 11.8. The first-order chi connectivity index (χ1) is 18.2. The molecule has 1 aliphatic heterocycles. The van der Waals surface area contributed by atoms with Gasteiger partial charge in [-0.2, -0.15) is 0 Å². The Morgan fingerprint density at radius 1 is 1.18 bits per heavy atom. The summed E-state index contributed by atoms with van der Waals surface area (Å²) in [6.07, 6.45) is 3.50. The molecule has 14 heteroatoms. The van der Waals surface area contributed by atoms with Crippen LogP contribution in [0.25, 0.3) is 0 Å². The maximum atomic E-state index is 12.6. The highest BCUT2D eigenvalue weighted by atomic mass is 32.2. The molecule has 2 rings (SSSR count). The first kappa shape index (κ1) is 32.9. The number of hydrogen-bond acceptors (Lipinski definition) is 10. The number of imide groups is 1. The molecule has 39 heavy (non-hydrogen) atoms. The third-order valence-electron chi connectivity index (χ3n) is 5.74. The molecule has 0 radical (unpaired) electrons. The normalized spacial score (nSPS) is 17.4. The summed E-state index contributed by atoms with van der Waals surface area (Å²) in [5.41, 5.74) is 0.232. The second-order valence-electron chi connectivity index (χ2n) is 10.4. The number of carbonyl (C=O) groups is 3. The molecule has 0 spiro atoms. The van der Waals surface area contributed by atoms with E-state index in [1.54, 1.807) is 13.0 Å². The van der Waals surface area contributed by atoms with Crippen molar-refractivity contribution in [1.82, 2.24) is 4.90 Å². The summed E-state index contributed by atoms with van der Waals surface area (Å²) in [6.45, 7) is 7.31. The molecule has 12 nitrogen and oxygen atoms in total. The molecule has 1 heterocycles. The lowest BCUT2D eigenvalue weighted by Crippen LogP contribution is -2.37. The number of thioether (sulfide) groups is 1. The summed E-state index contributed by atoms with van der Waals surface area (Å²) in [7, 11) is -4.05. The zero-order valence-electron chi connectivity index (χ0n) is 22.8. The molecule has 0 saturated carbocycles. The number of phosphoric acid groups is 1. The van der Waals surface area contributed by atoms with Crippen LogP contribution in [0.1, 0.15) is 64.9 Å². The van der Waals surface area contributed by atoms with Gasteiger partial charge in [-0.05, 0) is 49.0 Å². The number of likely N-dealkylation sites (tertiary alicyclic amines) is 1. The van der Waals surface area contributed by atoms with E-state index >= 15 is 0 Å².